The minimum absolute atomic E-state index is 0.139. The Bertz CT molecular complexity index is 203. The molecule has 1 aliphatic heterocycles. The number of hydrogen-bond acceptors (Lipinski definition) is 3. The van der Waals surface area contributed by atoms with Crippen LogP contribution in [0.2, 0.25) is 0 Å². The molecule has 0 bridgehead atoms. The first-order chi connectivity index (χ1) is 7.77. The highest BCUT2D eigenvalue weighted by molar-refractivity contribution is 5.78. The smallest absolute Gasteiger partial charge is 0.224 e. The lowest BCUT2D eigenvalue weighted by Crippen LogP contribution is -2.42. The highest BCUT2D eigenvalue weighted by Gasteiger charge is 2.20. The Morgan fingerprint density at radius 3 is 3.00 bits per heavy atom. The molecule has 3 N–H and O–H groups in total. The van der Waals surface area contributed by atoms with Gasteiger partial charge in [-0.25, -0.2) is 0 Å². The van der Waals surface area contributed by atoms with E-state index in [-0.39, 0.29) is 18.4 Å². The predicted octanol–water partition coefficient (Wildman–Crippen LogP) is 0.511. The van der Waals surface area contributed by atoms with Crippen LogP contribution in [0, 0.1) is 11.8 Å². The SMILES string of the molecule is CCC(CCO)CNC(=O)[C@H]1CCCNC1. The van der Waals surface area contributed by atoms with Crippen molar-refractivity contribution in [1.82, 2.24) is 10.6 Å². The molecule has 1 heterocycles. The molecule has 0 aromatic carbocycles. The van der Waals surface area contributed by atoms with Crippen molar-refractivity contribution in [2.75, 3.05) is 26.2 Å². The second-order valence-electron chi connectivity index (χ2n) is 4.57. The first kappa shape index (κ1) is 13.5. The van der Waals surface area contributed by atoms with Gasteiger partial charge in [0.15, 0.2) is 0 Å². The lowest BCUT2D eigenvalue weighted by molar-refractivity contribution is -0.125. The van der Waals surface area contributed by atoms with E-state index in [1.165, 1.54) is 0 Å². The summed E-state index contributed by atoms with van der Waals surface area (Å²) in [6.45, 7) is 4.84. The molecule has 0 spiro atoms. The van der Waals surface area contributed by atoms with E-state index in [0.29, 0.717) is 12.5 Å². The van der Waals surface area contributed by atoms with E-state index in [0.717, 1.165) is 38.8 Å². The average Bonchev–Trinajstić information content (AvgIpc) is 2.35. The number of aliphatic hydroxyl groups excluding tert-OH is 1. The van der Waals surface area contributed by atoms with Gasteiger partial charge in [0.05, 0.1) is 5.92 Å². The van der Waals surface area contributed by atoms with E-state index in [1.54, 1.807) is 0 Å². The van der Waals surface area contributed by atoms with Crippen molar-refractivity contribution in [2.45, 2.75) is 32.6 Å². The van der Waals surface area contributed by atoms with Crippen LogP contribution in [0.15, 0.2) is 0 Å². The van der Waals surface area contributed by atoms with Crippen molar-refractivity contribution >= 4 is 5.91 Å². The van der Waals surface area contributed by atoms with Gasteiger partial charge in [0, 0.05) is 19.7 Å². The quantitative estimate of drug-likeness (QED) is 0.621. The number of nitrogens with one attached hydrogen (secondary N) is 2. The van der Waals surface area contributed by atoms with Crippen molar-refractivity contribution in [3.8, 4) is 0 Å². The summed E-state index contributed by atoms with van der Waals surface area (Å²) in [6.07, 6.45) is 3.87. The molecule has 4 heteroatoms. The summed E-state index contributed by atoms with van der Waals surface area (Å²) >= 11 is 0. The third-order valence-corrected chi connectivity index (χ3v) is 3.35. The van der Waals surface area contributed by atoms with Crippen LogP contribution in [0.1, 0.15) is 32.6 Å². The van der Waals surface area contributed by atoms with Crippen molar-refractivity contribution in [1.29, 1.82) is 0 Å². The lowest BCUT2D eigenvalue weighted by Gasteiger charge is -2.23. The third-order valence-electron chi connectivity index (χ3n) is 3.35. The molecule has 1 aliphatic rings. The van der Waals surface area contributed by atoms with Crippen LogP contribution in [0.3, 0.4) is 0 Å². The fourth-order valence-corrected chi connectivity index (χ4v) is 2.10. The van der Waals surface area contributed by atoms with E-state index >= 15 is 0 Å². The van der Waals surface area contributed by atoms with Crippen molar-refractivity contribution in [2.24, 2.45) is 11.8 Å². The maximum atomic E-state index is 11.8. The maximum Gasteiger partial charge on any atom is 0.224 e. The number of amides is 1. The van der Waals surface area contributed by atoms with Crippen molar-refractivity contribution < 1.29 is 9.90 Å². The van der Waals surface area contributed by atoms with Gasteiger partial charge < -0.3 is 15.7 Å². The Balaban J connectivity index is 2.22. The predicted molar refractivity (Wildman–Crippen MR) is 64.1 cm³/mol. The molecular weight excluding hydrogens is 204 g/mol. The topological polar surface area (TPSA) is 61.4 Å². The number of piperidine rings is 1. The van der Waals surface area contributed by atoms with Gasteiger partial charge in [-0.2, -0.15) is 0 Å². The van der Waals surface area contributed by atoms with Gasteiger partial charge in [-0.3, -0.25) is 4.79 Å². The Kier molecular flexibility index (Phi) is 6.42. The fraction of sp³-hybridized carbons (Fsp3) is 0.917. The van der Waals surface area contributed by atoms with E-state index in [2.05, 4.69) is 17.6 Å². The maximum absolute atomic E-state index is 11.8. The molecule has 16 heavy (non-hydrogen) atoms. The molecule has 0 radical (unpaired) electrons. The van der Waals surface area contributed by atoms with Gasteiger partial charge in [0.25, 0.3) is 0 Å². The largest absolute Gasteiger partial charge is 0.396 e. The van der Waals surface area contributed by atoms with Gasteiger partial charge in [-0.15, -0.1) is 0 Å². The second-order valence-corrected chi connectivity index (χ2v) is 4.57. The van der Waals surface area contributed by atoms with E-state index in [9.17, 15) is 4.79 Å². The van der Waals surface area contributed by atoms with Crippen LogP contribution in [-0.4, -0.2) is 37.3 Å². The Labute approximate surface area is 97.8 Å². The Morgan fingerprint density at radius 1 is 1.62 bits per heavy atom. The summed E-state index contributed by atoms with van der Waals surface area (Å²) in [7, 11) is 0. The highest BCUT2D eigenvalue weighted by atomic mass is 16.3. The monoisotopic (exact) mass is 228 g/mol. The zero-order chi connectivity index (χ0) is 11.8. The first-order valence-electron chi connectivity index (χ1n) is 6.37. The molecule has 4 nitrogen and oxygen atoms in total. The average molecular weight is 228 g/mol. The van der Waals surface area contributed by atoms with Gasteiger partial charge in [-0.05, 0) is 31.7 Å². The van der Waals surface area contributed by atoms with E-state index in [1.807, 2.05) is 0 Å². The summed E-state index contributed by atoms with van der Waals surface area (Å²) in [4.78, 5) is 11.8. The summed E-state index contributed by atoms with van der Waals surface area (Å²) in [6, 6.07) is 0. The van der Waals surface area contributed by atoms with Crippen LogP contribution in [-0.2, 0) is 4.79 Å². The zero-order valence-corrected chi connectivity index (χ0v) is 10.2. The van der Waals surface area contributed by atoms with Crippen LogP contribution >= 0.6 is 0 Å². The molecule has 1 amide bonds. The number of rotatable bonds is 6. The van der Waals surface area contributed by atoms with E-state index < -0.39 is 0 Å². The molecule has 1 unspecified atom stereocenters. The molecule has 1 fully saturated rings. The molecule has 0 aromatic rings. The van der Waals surface area contributed by atoms with Crippen LogP contribution in [0.5, 0.6) is 0 Å². The minimum atomic E-state index is 0.139. The molecule has 2 atom stereocenters. The van der Waals surface area contributed by atoms with Gasteiger partial charge in [-0.1, -0.05) is 13.3 Å². The summed E-state index contributed by atoms with van der Waals surface area (Å²) in [5, 5.41) is 15.1. The normalized spacial score (nSPS) is 22.8. The summed E-state index contributed by atoms with van der Waals surface area (Å²) in [5.41, 5.74) is 0. The molecule has 1 rings (SSSR count). The molecule has 0 aliphatic carbocycles. The molecule has 1 saturated heterocycles. The summed E-state index contributed by atoms with van der Waals surface area (Å²) in [5.74, 6) is 0.717. The van der Waals surface area contributed by atoms with Gasteiger partial charge >= 0.3 is 0 Å². The lowest BCUT2D eigenvalue weighted by atomic mass is 9.98. The number of aliphatic hydroxyl groups is 1. The van der Waals surface area contributed by atoms with E-state index in [4.69, 9.17) is 5.11 Å². The fourth-order valence-electron chi connectivity index (χ4n) is 2.10. The minimum Gasteiger partial charge on any atom is -0.396 e. The summed E-state index contributed by atoms with van der Waals surface area (Å²) < 4.78 is 0. The zero-order valence-electron chi connectivity index (χ0n) is 10.2. The number of carbonyl (C=O) groups is 1. The Morgan fingerprint density at radius 2 is 2.44 bits per heavy atom. The highest BCUT2D eigenvalue weighted by Crippen LogP contribution is 2.11. The number of carbonyl (C=O) groups excluding carboxylic acids is 1. The number of hydrogen-bond donors (Lipinski definition) is 3. The Hall–Kier alpha value is -0.610. The van der Waals surface area contributed by atoms with Crippen LogP contribution in [0.25, 0.3) is 0 Å². The van der Waals surface area contributed by atoms with Crippen LogP contribution in [0.4, 0.5) is 0 Å². The third kappa shape index (κ3) is 4.49. The molecule has 94 valence electrons. The second kappa shape index (κ2) is 7.63. The first-order valence-corrected chi connectivity index (χ1v) is 6.37. The van der Waals surface area contributed by atoms with Gasteiger partial charge in [0.1, 0.15) is 0 Å². The van der Waals surface area contributed by atoms with Crippen molar-refractivity contribution in [3.05, 3.63) is 0 Å². The standard InChI is InChI=1S/C12H24N2O2/c1-2-10(5-7-15)8-14-12(16)11-4-3-6-13-9-11/h10-11,13,15H,2-9H2,1H3,(H,14,16)/t10?,11-/m0/s1. The van der Waals surface area contributed by atoms with Gasteiger partial charge in [0.2, 0.25) is 5.91 Å². The molecule has 0 aromatic heterocycles. The van der Waals surface area contributed by atoms with Crippen LogP contribution < -0.4 is 10.6 Å². The van der Waals surface area contributed by atoms with Crippen molar-refractivity contribution in [3.63, 3.8) is 0 Å². The molecular formula is C12H24N2O2. The molecule has 0 saturated carbocycles.